The predicted molar refractivity (Wildman–Crippen MR) is 93.2 cm³/mol. The smallest absolute Gasteiger partial charge is 0.325 e. The van der Waals surface area contributed by atoms with Crippen molar-refractivity contribution in [3.05, 3.63) is 60.1 Å². The van der Waals surface area contributed by atoms with Crippen LogP contribution in [0.1, 0.15) is 11.3 Å². The highest BCUT2D eigenvalue weighted by Crippen LogP contribution is 1.99. The molecule has 0 unspecified atom stereocenters. The Kier molecular flexibility index (Phi) is 7.58. The molecule has 3 N–H and O–H groups in total. The van der Waals surface area contributed by atoms with E-state index in [1.807, 2.05) is 11.4 Å². The van der Waals surface area contributed by atoms with Gasteiger partial charge < -0.3 is 19.8 Å². The predicted octanol–water partition coefficient (Wildman–Crippen LogP) is 0.508. The van der Waals surface area contributed by atoms with E-state index in [2.05, 4.69) is 10.6 Å². The molecule has 142 valence electrons. The number of esters is 1. The van der Waals surface area contributed by atoms with Gasteiger partial charge in [-0.25, -0.2) is 4.79 Å². The van der Waals surface area contributed by atoms with Crippen molar-refractivity contribution in [1.82, 2.24) is 16.0 Å². The van der Waals surface area contributed by atoms with Gasteiger partial charge in [0.25, 0.3) is 5.91 Å². The summed E-state index contributed by atoms with van der Waals surface area (Å²) in [5.74, 6) is -1.41. The molecule has 0 aliphatic carbocycles. The highest BCUT2D eigenvalue weighted by molar-refractivity contribution is 5.95. The van der Waals surface area contributed by atoms with Crippen LogP contribution in [0.25, 0.3) is 0 Å². The summed E-state index contributed by atoms with van der Waals surface area (Å²) in [6, 6.07) is 11.6. The Morgan fingerprint density at radius 2 is 1.70 bits per heavy atom. The van der Waals surface area contributed by atoms with Gasteiger partial charge >= 0.3 is 12.0 Å². The van der Waals surface area contributed by atoms with Gasteiger partial charge in [0.05, 0.1) is 19.2 Å². The van der Waals surface area contributed by atoms with Gasteiger partial charge in [-0.05, 0) is 17.7 Å². The van der Waals surface area contributed by atoms with Gasteiger partial charge in [0.2, 0.25) is 5.91 Å². The summed E-state index contributed by atoms with van der Waals surface area (Å²) in [7, 11) is 0. The standard InChI is InChI=1S/C18H19N3O6/c22-15(9-13-5-2-1-3-6-13)19-11-17(24)27-12-16(23)21-18(25)20-10-14-7-4-8-26-14/h1-8H,9-12H2,(H,19,22)(H2,20,21,23,25). The number of furan rings is 1. The molecule has 1 heterocycles. The lowest BCUT2D eigenvalue weighted by atomic mass is 10.1. The van der Waals surface area contributed by atoms with Crippen molar-refractivity contribution in [2.75, 3.05) is 13.2 Å². The van der Waals surface area contributed by atoms with E-state index in [-0.39, 0.29) is 25.4 Å². The summed E-state index contributed by atoms with van der Waals surface area (Å²) in [5.41, 5.74) is 0.809. The van der Waals surface area contributed by atoms with Crippen molar-refractivity contribution in [2.45, 2.75) is 13.0 Å². The second kappa shape index (κ2) is 10.4. The summed E-state index contributed by atoms with van der Waals surface area (Å²) >= 11 is 0. The van der Waals surface area contributed by atoms with Gasteiger partial charge in [-0.3, -0.25) is 19.7 Å². The minimum Gasteiger partial charge on any atom is -0.467 e. The second-order valence-electron chi connectivity index (χ2n) is 5.41. The molecule has 0 fully saturated rings. The Bertz CT molecular complexity index is 774. The first kappa shape index (κ1) is 19.7. The van der Waals surface area contributed by atoms with Crippen molar-refractivity contribution in [3.63, 3.8) is 0 Å². The van der Waals surface area contributed by atoms with Crippen LogP contribution < -0.4 is 16.0 Å². The first-order valence-electron chi connectivity index (χ1n) is 8.09. The van der Waals surface area contributed by atoms with E-state index in [0.717, 1.165) is 5.56 Å². The molecular formula is C18H19N3O6. The number of carbonyl (C=O) groups is 4. The van der Waals surface area contributed by atoms with Crippen molar-refractivity contribution in [1.29, 1.82) is 0 Å². The largest absolute Gasteiger partial charge is 0.467 e. The summed E-state index contributed by atoms with van der Waals surface area (Å²) in [4.78, 5) is 46.3. The van der Waals surface area contributed by atoms with Crippen LogP contribution in [0.15, 0.2) is 53.1 Å². The number of urea groups is 1. The number of ether oxygens (including phenoxy) is 1. The maximum absolute atomic E-state index is 11.7. The zero-order valence-electron chi connectivity index (χ0n) is 14.4. The average Bonchev–Trinajstić information content (AvgIpc) is 3.17. The maximum atomic E-state index is 11.7. The van der Waals surface area contributed by atoms with Crippen LogP contribution in [0, 0.1) is 0 Å². The number of imide groups is 1. The Labute approximate surface area is 155 Å². The van der Waals surface area contributed by atoms with Crippen LogP contribution in [0.2, 0.25) is 0 Å². The molecule has 1 aromatic carbocycles. The normalized spacial score (nSPS) is 9.93. The number of nitrogens with one attached hydrogen (secondary N) is 3. The number of hydrogen-bond donors (Lipinski definition) is 3. The van der Waals surface area contributed by atoms with E-state index in [4.69, 9.17) is 9.15 Å². The molecule has 0 saturated heterocycles. The van der Waals surface area contributed by atoms with E-state index in [1.165, 1.54) is 6.26 Å². The third-order valence-electron chi connectivity index (χ3n) is 3.26. The van der Waals surface area contributed by atoms with E-state index < -0.39 is 24.5 Å². The zero-order chi connectivity index (χ0) is 19.5. The number of carbonyl (C=O) groups excluding carboxylic acids is 4. The molecule has 0 atom stereocenters. The number of benzene rings is 1. The quantitative estimate of drug-likeness (QED) is 0.579. The Morgan fingerprint density at radius 3 is 2.41 bits per heavy atom. The van der Waals surface area contributed by atoms with Crippen LogP contribution in [0.5, 0.6) is 0 Å². The SMILES string of the molecule is O=C(Cc1ccccc1)NCC(=O)OCC(=O)NC(=O)NCc1ccco1. The molecule has 2 aromatic rings. The van der Waals surface area contributed by atoms with Crippen molar-refractivity contribution < 1.29 is 28.3 Å². The highest BCUT2D eigenvalue weighted by Gasteiger charge is 2.12. The number of hydrogen-bond acceptors (Lipinski definition) is 6. The van der Waals surface area contributed by atoms with Crippen LogP contribution in [0.3, 0.4) is 0 Å². The van der Waals surface area contributed by atoms with Gasteiger partial charge in [0, 0.05) is 0 Å². The van der Waals surface area contributed by atoms with Gasteiger partial charge in [-0.15, -0.1) is 0 Å². The fourth-order valence-corrected chi connectivity index (χ4v) is 2.00. The molecule has 0 bridgehead atoms. The van der Waals surface area contributed by atoms with E-state index in [0.29, 0.717) is 5.76 Å². The molecule has 27 heavy (non-hydrogen) atoms. The Balaban J connectivity index is 1.58. The zero-order valence-corrected chi connectivity index (χ0v) is 14.4. The summed E-state index contributed by atoms with van der Waals surface area (Å²) in [5, 5.41) is 6.80. The average molecular weight is 373 g/mol. The molecule has 0 spiro atoms. The first-order valence-corrected chi connectivity index (χ1v) is 8.09. The molecule has 0 aliphatic heterocycles. The third kappa shape index (κ3) is 7.86. The first-order chi connectivity index (χ1) is 13.0. The molecule has 9 heteroatoms. The van der Waals surface area contributed by atoms with Crippen LogP contribution in [-0.2, 0) is 32.1 Å². The van der Waals surface area contributed by atoms with E-state index in [9.17, 15) is 19.2 Å². The second-order valence-corrected chi connectivity index (χ2v) is 5.41. The molecular weight excluding hydrogens is 354 g/mol. The Morgan fingerprint density at radius 1 is 0.926 bits per heavy atom. The molecule has 1 aromatic heterocycles. The lowest BCUT2D eigenvalue weighted by molar-refractivity contribution is -0.148. The lowest BCUT2D eigenvalue weighted by Gasteiger charge is -2.07. The molecule has 0 saturated carbocycles. The topological polar surface area (TPSA) is 127 Å². The van der Waals surface area contributed by atoms with Crippen LogP contribution >= 0.6 is 0 Å². The fourth-order valence-electron chi connectivity index (χ4n) is 2.00. The molecule has 2 rings (SSSR count). The molecule has 9 nitrogen and oxygen atoms in total. The molecule has 0 radical (unpaired) electrons. The monoisotopic (exact) mass is 373 g/mol. The minimum absolute atomic E-state index is 0.110. The minimum atomic E-state index is -0.795. The van der Waals surface area contributed by atoms with E-state index >= 15 is 0 Å². The lowest BCUT2D eigenvalue weighted by Crippen LogP contribution is -2.41. The maximum Gasteiger partial charge on any atom is 0.325 e. The molecule has 4 amide bonds. The fraction of sp³-hybridized carbons (Fsp3) is 0.222. The van der Waals surface area contributed by atoms with Gasteiger partial charge in [0.1, 0.15) is 12.3 Å². The number of amides is 4. The van der Waals surface area contributed by atoms with Crippen LogP contribution in [0.4, 0.5) is 4.79 Å². The van der Waals surface area contributed by atoms with Gasteiger partial charge in [0.15, 0.2) is 6.61 Å². The Hall–Kier alpha value is -3.62. The summed E-state index contributed by atoms with van der Waals surface area (Å²) < 4.78 is 9.71. The third-order valence-corrected chi connectivity index (χ3v) is 3.26. The van der Waals surface area contributed by atoms with Gasteiger partial charge in [-0.2, -0.15) is 0 Å². The van der Waals surface area contributed by atoms with Crippen molar-refractivity contribution in [2.24, 2.45) is 0 Å². The number of rotatable bonds is 8. The summed E-state index contributed by atoms with van der Waals surface area (Å²) in [6.45, 7) is -0.898. The highest BCUT2D eigenvalue weighted by atomic mass is 16.5. The summed E-state index contributed by atoms with van der Waals surface area (Å²) in [6.07, 6.45) is 1.59. The molecule has 0 aliphatic rings. The van der Waals surface area contributed by atoms with Crippen LogP contribution in [-0.4, -0.2) is 37.0 Å². The van der Waals surface area contributed by atoms with Crippen molar-refractivity contribution >= 4 is 23.8 Å². The van der Waals surface area contributed by atoms with E-state index in [1.54, 1.807) is 36.4 Å². The van der Waals surface area contributed by atoms with Gasteiger partial charge in [-0.1, -0.05) is 30.3 Å². The van der Waals surface area contributed by atoms with Crippen molar-refractivity contribution in [3.8, 4) is 0 Å².